The van der Waals surface area contributed by atoms with Gasteiger partial charge in [-0.2, -0.15) is 18.4 Å². The fraction of sp³-hybridized carbons (Fsp3) is 0.188. The Morgan fingerprint density at radius 2 is 1.76 bits per heavy atom. The molecule has 0 spiro atoms. The van der Waals surface area contributed by atoms with Gasteiger partial charge in [0.2, 0.25) is 0 Å². The summed E-state index contributed by atoms with van der Waals surface area (Å²) in [5.74, 6) is 0.608. The first-order valence-corrected chi connectivity index (χ1v) is 8.54. The first kappa shape index (κ1) is 18.4. The molecule has 0 aliphatic heterocycles. The van der Waals surface area contributed by atoms with Crippen LogP contribution in [-0.2, 0) is 10.0 Å². The van der Waals surface area contributed by atoms with Gasteiger partial charge in [0, 0.05) is 11.6 Å². The van der Waals surface area contributed by atoms with E-state index in [1.807, 2.05) is 0 Å². The second-order valence-electron chi connectivity index (χ2n) is 4.77. The molecule has 0 unspecified atom stereocenters. The summed E-state index contributed by atoms with van der Waals surface area (Å²) in [6.45, 7) is 0. The number of para-hydroxylation sites is 1. The Balaban J connectivity index is 2.28. The van der Waals surface area contributed by atoms with Crippen molar-refractivity contribution in [3.63, 3.8) is 0 Å². The van der Waals surface area contributed by atoms with Crippen molar-refractivity contribution in [1.29, 1.82) is 0 Å². The molecule has 0 radical (unpaired) electrons. The van der Waals surface area contributed by atoms with Crippen molar-refractivity contribution in [1.82, 2.24) is 4.83 Å². The van der Waals surface area contributed by atoms with Crippen molar-refractivity contribution in [2.24, 2.45) is 5.10 Å². The molecule has 0 aliphatic rings. The second kappa shape index (κ2) is 7.75. The zero-order valence-corrected chi connectivity index (χ0v) is 14.7. The molecule has 2 N–H and O–H groups in total. The second-order valence-corrected chi connectivity index (χ2v) is 6.40. The molecule has 2 aromatic carbocycles. The Labute approximate surface area is 145 Å². The van der Waals surface area contributed by atoms with Crippen LogP contribution in [0.3, 0.4) is 0 Å². The summed E-state index contributed by atoms with van der Waals surface area (Å²) in [5, 5.41) is 13.6. The lowest BCUT2D eigenvalue weighted by Crippen LogP contribution is -2.19. The average Bonchev–Trinajstić information content (AvgIpc) is 2.62. The number of hydrazone groups is 1. The molecular formula is C16H18N2O6S. The van der Waals surface area contributed by atoms with Crippen molar-refractivity contribution in [3.05, 3.63) is 42.0 Å². The summed E-state index contributed by atoms with van der Waals surface area (Å²) < 4.78 is 39.9. The van der Waals surface area contributed by atoms with E-state index >= 15 is 0 Å². The maximum atomic E-state index is 12.4. The minimum Gasteiger partial charge on any atom is -0.504 e. The first-order valence-electron chi connectivity index (χ1n) is 7.05. The number of methoxy groups -OCH3 is 3. The van der Waals surface area contributed by atoms with Gasteiger partial charge in [0.15, 0.2) is 11.5 Å². The molecule has 0 aromatic heterocycles. The van der Waals surface area contributed by atoms with Gasteiger partial charge in [-0.1, -0.05) is 6.07 Å². The Bertz CT molecular complexity index is 880. The SMILES string of the molecule is COc1ccc(OC)c(S(=O)(=O)NN=Cc2cccc(OC)c2O)c1. The van der Waals surface area contributed by atoms with Crippen molar-refractivity contribution in [3.8, 4) is 23.0 Å². The molecule has 2 rings (SSSR count). The van der Waals surface area contributed by atoms with Gasteiger partial charge in [-0.3, -0.25) is 0 Å². The van der Waals surface area contributed by atoms with E-state index in [9.17, 15) is 13.5 Å². The maximum Gasteiger partial charge on any atom is 0.280 e. The monoisotopic (exact) mass is 366 g/mol. The third kappa shape index (κ3) is 4.13. The van der Waals surface area contributed by atoms with Crippen LogP contribution in [-0.4, -0.2) is 41.1 Å². The molecule has 0 atom stereocenters. The standard InChI is InChI=1S/C16H18N2O6S/c1-22-12-7-8-13(23-2)15(9-12)25(20,21)18-17-10-11-5-4-6-14(24-3)16(11)19/h4-10,18-19H,1-3H3. The normalized spacial score (nSPS) is 11.3. The van der Waals surface area contributed by atoms with Crippen LogP contribution in [0.25, 0.3) is 0 Å². The molecule has 0 fully saturated rings. The summed E-state index contributed by atoms with van der Waals surface area (Å²) >= 11 is 0. The number of sulfonamides is 1. The molecule has 2 aromatic rings. The first-order chi connectivity index (χ1) is 11.9. The number of phenolic OH excluding ortho intramolecular Hbond substituents is 1. The van der Waals surface area contributed by atoms with Gasteiger partial charge in [-0.15, -0.1) is 0 Å². The maximum absolute atomic E-state index is 12.4. The summed E-state index contributed by atoms with van der Waals surface area (Å²) in [6, 6.07) is 9.14. The lowest BCUT2D eigenvalue weighted by Gasteiger charge is -2.10. The largest absolute Gasteiger partial charge is 0.504 e. The van der Waals surface area contributed by atoms with E-state index in [-0.39, 0.29) is 22.1 Å². The number of phenols is 1. The van der Waals surface area contributed by atoms with Crippen LogP contribution in [0.5, 0.6) is 23.0 Å². The molecule has 0 saturated heterocycles. The third-order valence-electron chi connectivity index (χ3n) is 3.29. The molecule has 0 heterocycles. The van der Waals surface area contributed by atoms with Gasteiger partial charge in [-0.05, 0) is 24.3 Å². The lowest BCUT2D eigenvalue weighted by molar-refractivity contribution is 0.373. The quantitative estimate of drug-likeness (QED) is 0.571. The van der Waals surface area contributed by atoms with E-state index in [0.717, 1.165) is 0 Å². The van der Waals surface area contributed by atoms with E-state index in [1.165, 1.54) is 39.7 Å². The zero-order chi connectivity index (χ0) is 18.4. The fourth-order valence-electron chi connectivity index (χ4n) is 2.02. The highest BCUT2D eigenvalue weighted by Gasteiger charge is 2.20. The number of hydrogen-bond donors (Lipinski definition) is 2. The van der Waals surface area contributed by atoms with Gasteiger partial charge in [0.05, 0.1) is 27.5 Å². The van der Waals surface area contributed by atoms with Gasteiger partial charge >= 0.3 is 0 Å². The topological polar surface area (TPSA) is 106 Å². The van der Waals surface area contributed by atoms with Crippen LogP contribution in [0.15, 0.2) is 46.4 Å². The molecule has 8 nitrogen and oxygen atoms in total. The van der Waals surface area contributed by atoms with Crippen molar-refractivity contribution in [2.75, 3.05) is 21.3 Å². The molecule has 25 heavy (non-hydrogen) atoms. The summed E-state index contributed by atoms with van der Waals surface area (Å²) in [5.41, 5.74) is 0.291. The van der Waals surface area contributed by atoms with Crippen LogP contribution < -0.4 is 19.0 Å². The molecule has 0 amide bonds. The van der Waals surface area contributed by atoms with Gasteiger partial charge in [0.25, 0.3) is 10.0 Å². The van der Waals surface area contributed by atoms with E-state index < -0.39 is 10.0 Å². The average molecular weight is 366 g/mol. The van der Waals surface area contributed by atoms with Crippen LogP contribution in [0.4, 0.5) is 0 Å². The highest BCUT2D eigenvalue weighted by atomic mass is 32.2. The van der Waals surface area contributed by atoms with Gasteiger partial charge in [0.1, 0.15) is 16.4 Å². The zero-order valence-electron chi connectivity index (χ0n) is 13.9. The molecule has 9 heteroatoms. The Kier molecular flexibility index (Phi) is 5.71. The molecule has 134 valence electrons. The highest BCUT2D eigenvalue weighted by Crippen LogP contribution is 2.29. The fourth-order valence-corrected chi connectivity index (χ4v) is 2.99. The van der Waals surface area contributed by atoms with E-state index in [4.69, 9.17) is 14.2 Å². The van der Waals surface area contributed by atoms with Crippen LogP contribution >= 0.6 is 0 Å². The van der Waals surface area contributed by atoms with E-state index in [0.29, 0.717) is 11.3 Å². The smallest absolute Gasteiger partial charge is 0.280 e. The Morgan fingerprint density at radius 3 is 2.40 bits per heavy atom. The van der Waals surface area contributed by atoms with Crippen LogP contribution in [0, 0.1) is 0 Å². The summed E-state index contributed by atoms with van der Waals surface area (Å²) in [4.78, 5) is 1.94. The van der Waals surface area contributed by atoms with E-state index in [2.05, 4.69) is 9.93 Å². The predicted molar refractivity (Wildman–Crippen MR) is 92.1 cm³/mol. The number of benzene rings is 2. The summed E-state index contributed by atoms with van der Waals surface area (Å²) in [6.07, 6.45) is 1.17. The van der Waals surface area contributed by atoms with E-state index in [1.54, 1.807) is 24.3 Å². The minimum absolute atomic E-state index is 0.124. The van der Waals surface area contributed by atoms with Crippen molar-refractivity contribution < 1.29 is 27.7 Å². The number of hydrogen-bond acceptors (Lipinski definition) is 7. The minimum atomic E-state index is -4.00. The van der Waals surface area contributed by atoms with Crippen molar-refractivity contribution >= 4 is 16.2 Å². The number of rotatable bonds is 7. The van der Waals surface area contributed by atoms with Crippen molar-refractivity contribution in [2.45, 2.75) is 4.90 Å². The summed E-state index contributed by atoms with van der Waals surface area (Å²) in [7, 11) is 0.196. The van der Waals surface area contributed by atoms with Crippen LogP contribution in [0.2, 0.25) is 0 Å². The number of nitrogens with zero attached hydrogens (tertiary/aromatic N) is 1. The predicted octanol–water partition coefficient (Wildman–Crippen LogP) is 1.73. The van der Waals surface area contributed by atoms with Gasteiger partial charge in [-0.25, -0.2) is 0 Å². The molecule has 0 saturated carbocycles. The molecule has 0 bridgehead atoms. The lowest BCUT2D eigenvalue weighted by atomic mass is 10.2. The van der Waals surface area contributed by atoms with Gasteiger partial charge < -0.3 is 19.3 Å². The molecule has 0 aliphatic carbocycles. The Hall–Kier alpha value is -2.94. The highest BCUT2D eigenvalue weighted by molar-refractivity contribution is 7.89. The number of nitrogens with one attached hydrogen (secondary N) is 1. The number of ether oxygens (including phenoxy) is 3. The third-order valence-corrected chi connectivity index (χ3v) is 4.53. The Morgan fingerprint density at radius 1 is 1.04 bits per heavy atom. The molecular weight excluding hydrogens is 348 g/mol. The number of aromatic hydroxyl groups is 1. The van der Waals surface area contributed by atoms with Crippen LogP contribution in [0.1, 0.15) is 5.56 Å².